The zero-order valence-electron chi connectivity index (χ0n) is 19.7. The van der Waals surface area contributed by atoms with Crippen molar-refractivity contribution in [3.05, 3.63) is 111 Å². The Hall–Kier alpha value is -3.78. The van der Waals surface area contributed by atoms with E-state index in [2.05, 4.69) is 15.2 Å². The summed E-state index contributed by atoms with van der Waals surface area (Å²) in [6.07, 6.45) is 0.189. The van der Waals surface area contributed by atoms with Crippen molar-refractivity contribution in [1.29, 1.82) is 0 Å². The molecule has 6 rings (SSSR count). The van der Waals surface area contributed by atoms with Crippen LogP contribution in [0.5, 0.6) is 17.4 Å². The van der Waals surface area contributed by atoms with Crippen LogP contribution >= 0.6 is 34.8 Å². The minimum absolute atomic E-state index is 0.283. The molecule has 38 heavy (non-hydrogen) atoms. The van der Waals surface area contributed by atoms with Gasteiger partial charge in [0.05, 0.1) is 0 Å². The van der Waals surface area contributed by atoms with Crippen LogP contribution in [-0.4, -0.2) is 32.7 Å². The Balaban J connectivity index is 1.36. The Morgan fingerprint density at radius 3 is 2.34 bits per heavy atom. The number of fused-ring (bicyclic) bond motifs is 3. The summed E-state index contributed by atoms with van der Waals surface area (Å²) >= 11 is 18.1. The topological polar surface area (TPSA) is 80.3 Å². The second-order valence-corrected chi connectivity index (χ2v) is 10.0. The number of halogens is 3. The smallest absolute Gasteiger partial charge is 0.416 e. The van der Waals surface area contributed by atoms with E-state index in [0.717, 1.165) is 27.7 Å². The van der Waals surface area contributed by atoms with Crippen molar-refractivity contribution in [1.82, 2.24) is 20.1 Å². The standard InChI is InChI=1S/C28H19Cl3N4O3/c29-17-3-8-20(9-4-17)38-28(36)35-14-13-21-22-15-18(30)5-10-23(22)32-26(21)27(35)16-1-6-19(7-2-16)37-25-12-11-24(31)33-34-25/h1-12,15,27,32H,13-14H2/t27-/m0/s1. The second-order valence-electron chi connectivity index (χ2n) is 8.74. The molecule has 0 saturated heterocycles. The maximum absolute atomic E-state index is 13.4. The first-order chi connectivity index (χ1) is 18.4. The molecule has 190 valence electrons. The van der Waals surface area contributed by atoms with Crippen LogP contribution in [0, 0.1) is 0 Å². The van der Waals surface area contributed by atoms with Gasteiger partial charge in [0.15, 0.2) is 5.15 Å². The van der Waals surface area contributed by atoms with Gasteiger partial charge in [-0.2, -0.15) is 0 Å². The van der Waals surface area contributed by atoms with Gasteiger partial charge in [-0.3, -0.25) is 4.90 Å². The first kappa shape index (κ1) is 24.6. The van der Waals surface area contributed by atoms with Crippen molar-refractivity contribution in [3.8, 4) is 17.4 Å². The predicted molar refractivity (Wildman–Crippen MR) is 147 cm³/mol. The van der Waals surface area contributed by atoms with Crippen molar-refractivity contribution in [2.75, 3.05) is 6.54 Å². The van der Waals surface area contributed by atoms with Crippen molar-refractivity contribution >= 4 is 51.8 Å². The van der Waals surface area contributed by atoms with Crippen LogP contribution in [0.3, 0.4) is 0 Å². The first-order valence-electron chi connectivity index (χ1n) is 11.8. The summed E-state index contributed by atoms with van der Waals surface area (Å²) in [7, 11) is 0. The van der Waals surface area contributed by atoms with Crippen molar-refractivity contribution in [3.63, 3.8) is 0 Å². The van der Waals surface area contributed by atoms with E-state index in [0.29, 0.717) is 40.4 Å². The van der Waals surface area contributed by atoms with Gasteiger partial charge in [-0.15, -0.1) is 10.2 Å². The number of amides is 1. The summed E-state index contributed by atoms with van der Waals surface area (Å²) in [5, 5.41) is 10.3. The van der Waals surface area contributed by atoms with Crippen LogP contribution < -0.4 is 9.47 Å². The molecule has 1 N–H and O–H groups in total. The Bertz CT molecular complexity index is 1620. The predicted octanol–water partition coefficient (Wildman–Crippen LogP) is 7.86. The van der Waals surface area contributed by atoms with Gasteiger partial charge >= 0.3 is 6.09 Å². The molecule has 1 amide bonds. The van der Waals surface area contributed by atoms with E-state index >= 15 is 0 Å². The van der Waals surface area contributed by atoms with E-state index in [4.69, 9.17) is 44.3 Å². The lowest BCUT2D eigenvalue weighted by atomic mass is 9.92. The Morgan fingerprint density at radius 2 is 1.61 bits per heavy atom. The van der Waals surface area contributed by atoms with Crippen molar-refractivity contribution in [2.24, 2.45) is 0 Å². The second kappa shape index (κ2) is 10.2. The molecular formula is C28H19Cl3N4O3. The summed E-state index contributed by atoms with van der Waals surface area (Å²) in [5.41, 5.74) is 3.88. The van der Waals surface area contributed by atoms with Crippen LogP contribution in [0.2, 0.25) is 15.2 Å². The van der Waals surface area contributed by atoms with E-state index in [1.807, 2.05) is 42.5 Å². The van der Waals surface area contributed by atoms with Crippen LogP contribution in [0.25, 0.3) is 10.9 Å². The third-order valence-electron chi connectivity index (χ3n) is 6.37. The third kappa shape index (κ3) is 4.88. The Morgan fingerprint density at radius 1 is 0.868 bits per heavy atom. The molecule has 0 bridgehead atoms. The number of ether oxygens (including phenoxy) is 2. The maximum Gasteiger partial charge on any atom is 0.416 e. The fraction of sp³-hybridized carbons (Fsp3) is 0.107. The van der Waals surface area contributed by atoms with Crippen LogP contribution in [-0.2, 0) is 6.42 Å². The number of aromatic nitrogens is 3. The van der Waals surface area contributed by atoms with E-state index in [1.165, 1.54) is 0 Å². The molecule has 1 aliphatic heterocycles. The molecular weight excluding hydrogens is 547 g/mol. The average Bonchev–Trinajstić information content (AvgIpc) is 3.29. The molecule has 7 nitrogen and oxygen atoms in total. The number of aromatic amines is 1. The van der Waals surface area contributed by atoms with Crippen molar-refractivity contribution in [2.45, 2.75) is 12.5 Å². The van der Waals surface area contributed by atoms with Gasteiger partial charge in [-0.25, -0.2) is 4.79 Å². The Kier molecular flexibility index (Phi) is 6.57. The summed E-state index contributed by atoms with van der Waals surface area (Å²) in [5.74, 6) is 1.31. The molecule has 0 fully saturated rings. The number of rotatable bonds is 4. The fourth-order valence-corrected chi connectivity index (χ4v) is 5.06. The van der Waals surface area contributed by atoms with Gasteiger partial charge in [-0.05, 0) is 78.2 Å². The van der Waals surface area contributed by atoms with Gasteiger partial charge < -0.3 is 14.5 Å². The zero-order valence-corrected chi connectivity index (χ0v) is 22.0. The number of carbonyl (C=O) groups is 1. The van der Waals surface area contributed by atoms with E-state index in [-0.39, 0.29) is 5.15 Å². The molecule has 3 heterocycles. The molecule has 5 aromatic rings. The molecule has 1 atom stereocenters. The van der Waals surface area contributed by atoms with Gasteiger partial charge in [-0.1, -0.05) is 46.9 Å². The first-order valence-corrected chi connectivity index (χ1v) is 12.9. The van der Waals surface area contributed by atoms with Crippen LogP contribution in [0.15, 0.2) is 78.9 Å². The summed E-state index contributed by atoms with van der Waals surface area (Å²) in [4.78, 5) is 18.7. The number of hydrogen-bond donors (Lipinski definition) is 1. The highest BCUT2D eigenvalue weighted by atomic mass is 35.5. The monoisotopic (exact) mass is 564 g/mol. The SMILES string of the molecule is O=C(Oc1ccc(Cl)cc1)N1CCc2c([nH]c3ccc(Cl)cc23)[C@@H]1c1ccc(Oc2ccc(Cl)nn2)cc1. The number of nitrogens with one attached hydrogen (secondary N) is 1. The minimum Gasteiger partial charge on any atom is -0.438 e. The highest BCUT2D eigenvalue weighted by Crippen LogP contribution is 2.40. The molecule has 10 heteroatoms. The number of nitrogens with zero attached hydrogens (tertiary/aromatic N) is 3. The third-order valence-corrected chi connectivity index (χ3v) is 7.06. The molecule has 1 aliphatic rings. The average molecular weight is 566 g/mol. The lowest BCUT2D eigenvalue weighted by molar-refractivity contribution is 0.135. The lowest BCUT2D eigenvalue weighted by Gasteiger charge is -2.35. The van der Waals surface area contributed by atoms with Gasteiger partial charge in [0.25, 0.3) is 0 Å². The van der Waals surface area contributed by atoms with Crippen molar-refractivity contribution < 1.29 is 14.3 Å². The molecule has 0 saturated carbocycles. The lowest BCUT2D eigenvalue weighted by Crippen LogP contribution is -2.42. The maximum atomic E-state index is 13.4. The van der Waals surface area contributed by atoms with E-state index < -0.39 is 12.1 Å². The van der Waals surface area contributed by atoms with Gasteiger partial charge in [0, 0.05) is 39.3 Å². The largest absolute Gasteiger partial charge is 0.438 e. The van der Waals surface area contributed by atoms with Gasteiger partial charge in [0.1, 0.15) is 17.5 Å². The molecule has 2 aromatic heterocycles. The molecule has 0 aliphatic carbocycles. The van der Waals surface area contributed by atoms with Crippen LogP contribution in [0.4, 0.5) is 4.79 Å². The highest BCUT2D eigenvalue weighted by molar-refractivity contribution is 6.31. The summed E-state index contributed by atoms with van der Waals surface area (Å²) in [6, 6.07) is 22.7. The molecule has 3 aromatic carbocycles. The molecule has 0 unspecified atom stereocenters. The number of benzene rings is 3. The normalized spacial score (nSPS) is 14.8. The molecule has 0 spiro atoms. The zero-order chi connectivity index (χ0) is 26.2. The molecule has 0 radical (unpaired) electrons. The quantitative estimate of drug-likeness (QED) is 0.240. The fourth-order valence-electron chi connectivity index (χ4n) is 4.66. The summed E-state index contributed by atoms with van der Waals surface area (Å²) < 4.78 is 11.5. The number of hydrogen-bond acceptors (Lipinski definition) is 5. The van der Waals surface area contributed by atoms with E-state index in [9.17, 15) is 4.79 Å². The minimum atomic E-state index is -0.462. The Labute approximate surface area is 232 Å². The number of H-pyrrole nitrogens is 1. The van der Waals surface area contributed by atoms with E-state index in [1.54, 1.807) is 41.3 Å². The summed E-state index contributed by atoms with van der Waals surface area (Å²) in [6.45, 7) is 0.460. The number of carbonyl (C=O) groups excluding carboxylic acids is 1. The van der Waals surface area contributed by atoms with Gasteiger partial charge in [0.2, 0.25) is 5.88 Å². The van der Waals surface area contributed by atoms with Crippen LogP contribution in [0.1, 0.15) is 22.9 Å². The highest BCUT2D eigenvalue weighted by Gasteiger charge is 2.35.